The van der Waals surface area contributed by atoms with Crippen molar-refractivity contribution in [3.05, 3.63) is 29.8 Å². The van der Waals surface area contributed by atoms with Crippen molar-refractivity contribution in [1.29, 1.82) is 0 Å². The van der Waals surface area contributed by atoms with E-state index in [0.29, 0.717) is 5.75 Å². The number of carboxylic acids is 1. The van der Waals surface area contributed by atoms with Gasteiger partial charge in [-0.05, 0) is 44.9 Å². The van der Waals surface area contributed by atoms with Gasteiger partial charge >= 0.3 is 5.97 Å². The van der Waals surface area contributed by atoms with Gasteiger partial charge in [0.2, 0.25) is 0 Å². The Balaban J connectivity index is 2.73. The van der Waals surface area contributed by atoms with Crippen molar-refractivity contribution >= 4 is 5.97 Å². The number of hydrogen-bond donors (Lipinski definition) is 2. The second-order valence-electron chi connectivity index (χ2n) is 5.23. The molecule has 106 valence electrons. The molecule has 0 aliphatic rings. The summed E-state index contributed by atoms with van der Waals surface area (Å²) in [5.41, 5.74) is 0.0856. The molecule has 4 nitrogen and oxygen atoms in total. The molecule has 0 saturated heterocycles. The van der Waals surface area contributed by atoms with Crippen molar-refractivity contribution < 1.29 is 14.6 Å². The molecule has 1 aromatic rings. The summed E-state index contributed by atoms with van der Waals surface area (Å²) in [4.78, 5) is 11.4. The SMILES string of the molecule is CCc1cccc(OCC(C)(NC(C)C)C(=O)O)c1. The zero-order chi connectivity index (χ0) is 14.5. The second kappa shape index (κ2) is 6.57. The van der Waals surface area contributed by atoms with Crippen molar-refractivity contribution in [2.24, 2.45) is 0 Å². The van der Waals surface area contributed by atoms with Crippen LogP contribution in [0.4, 0.5) is 0 Å². The van der Waals surface area contributed by atoms with E-state index < -0.39 is 11.5 Å². The van der Waals surface area contributed by atoms with E-state index in [4.69, 9.17) is 4.74 Å². The molecule has 0 radical (unpaired) electrons. The molecule has 0 amide bonds. The topological polar surface area (TPSA) is 58.6 Å². The summed E-state index contributed by atoms with van der Waals surface area (Å²) < 4.78 is 5.63. The standard InChI is InChI=1S/C15H23NO3/c1-5-12-7-6-8-13(9-12)19-10-15(4,14(17)18)16-11(2)3/h6-9,11,16H,5,10H2,1-4H3,(H,17,18). The summed E-state index contributed by atoms with van der Waals surface area (Å²) in [6.07, 6.45) is 0.928. The number of rotatable bonds is 7. The van der Waals surface area contributed by atoms with Crippen LogP contribution in [0.3, 0.4) is 0 Å². The normalized spacial score (nSPS) is 14.2. The molecule has 0 fully saturated rings. The Morgan fingerprint density at radius 3 is 2.68 bits per heavy atom. The quantitative estimate of drug-likeness (QED) is 0.795. The average Bonchev–Trinajstić information content (AvgIpc) is 2.35. The molecule has 1 aromatic carbocycles. The molecule has 19 heavy (non-hydrogen) atoms. The average molecular weight is 265 g/mol. The van der Waals surface area contributed by atoms with Gasteiger partial charge in [-0.1, -0.05) is 19.1 Å². The van der Waals surface area contributed by atoms with Crippen molar-refractivity contribution in [3.8, 4) is 5.75 Å². The van der Waals surface area contributed by atoms with E-state index >= 15 is 0 Å². The van der Waals surface area contributed by atoms with Crippen LogP contribution in [0, 0.1) is 0 Å². The Kier molecular flexibility index (Phi) is 5.36. The Morgan fingerprint density at radius 2 is 2.16 bits per heavy atom. The number of aliphatic carboxylic acids is 1. The lowest BCUT2D eigenvalue weighted by molar-refractivity contribution is -0.145. The number of carbonyl (C=O) groups is 1. The highest BCUT2D eigenvalue weighted by molar-refractivity contribution is 5.78. The number of ether oxygens (including phenoxy) is 1. The van der Waals surface area contributed by atoms with E-state index in [2.05, 4.69) is 12.2 Å². The fourth-order valence-electron chi connectivity index (χ4n) is 1.89. The first-order valence-electron chi connectivity index (χ1n) is 6.60. The molecule has 1 atom stereocenters. The molecule has 0 heterocycles. The van der Waals surface area contributed by atoms with E-state index in [1.165, 1.54) is 5.56 Å². The minimum atomic E-state index is -1.09. The van der Waals surface area contributed by atoms with E-state index in [9.17, 15) is 9.90 Å². The first-order valence-corrected chi connectivity index (χ1v) is 6.60. The summed E-state index contributed by atoms with van der Waals surface area (Å²) in [6.45, 7) is 7.63. The van der Waals surface area contributed by atoms with Gasteiger partial charge in [0.1, 0.15) is 17.9 Å². The fourth-order valence-corrected chi connectivity index (χ4v) is 1.89. The minimum absolute atomic E-state index is 0.0756. The van der Waals surface area contributed by atoms with Crippen LogP contribution >= 0.6 is 0 Å². The molecule has 0 saturated carbocycles. The molecule has 0 spiro atoms. The molecular weight excluding hydrogens is 242 g/mol. The van der Waals surface area contributed by atoms with Crippen molar-refractivity contribution in [2.45, 2.75) is 45.7 Å². The molecular formula is C15H23NO3. The lowest BCUT2D eigenvalue weighted by Gasteiger charge is -2.28. The van der Waals surface area contributed by atoms with Crippen LogP contribution in [0.25, 0.3) is 0 Å². The van der Waals surface area contributed by atoms with Crippen LogP contribution < -0.4 is 10.1 Å². The van der Waals surface area contributed by atoms with Gasteiger partial charge in [-0.2, -0.15) is 0 Å². The number of carboxylic acid groups (broad SMARTS) is 1. The number of benzene rings is 1. The van der Waals surface area contributed by atoms with E-state index in [-0.39, 0.29) is 12.6 Å². The van der Waals surface area contributed by atoms with Crippen LogP contribution in [0.2, 0.25) is 0 Å². The molecule has 1 rings (SSSR count). The van der Waals surface area contributed by atoms with Crippen LogP contribution in [0.1, 0.15) is 33.3 Å². The predicted octanol–water partition coefficient (Wildman–Crippen LogP) is 2.47. The van der Waals surface area contributed by atoms with Gasteiger partial charge in [0.15, 0.2) is 0 Å². The van der Waals surface area contributed by atoms with Crippen molar-refractivity contribution in [2.75, 3.05) is 6.61 Å². The Hall–Kier alpha value is -1.55. The first kappa shape index (κ1) is 15.5. The largest absolute Gasteiger partial charge is 0.491 e. The monoisotopic (exact) mass is 265 g/mol. The van der Waals surface area contributed by atoms with Gasteiger partial charge in [-0.15, -0.1) is 0 Å². The maximum absolute atomic E-state index is 11.4. The highest BCUT2D eigenvalue weighted by atomic mass is 16.5. The smallest absolute Gasteiger partial charge is 0.327 e. The molecule has 0 aromatic heterocycles. The van der Waals surface area contributed by atoms with Crippen LogP contribution in [-0.4, -0.2) is 29.3 Å². The maximum Gasteiger partial charge on any atom is 0.327 e. The highest BCUT2D eigenvalue weighted by Crippen LogP contribution is 2.16. The molecule has 0 aliphatic carbocycles. The number of aryl methyl sites for hydroxylation is 1. The lowest BCUT2D eigenvalue weighted by Crippen LogP contribution is -2.56. The Morgan fingerprint density at radius 1 is 1.47 bits per heavy atom. The zero-order valence-electron chi connectivity index (χ0n) is 12.1. The molecule has 0 aliphatic heterocycles. The summed E-state index contributed by atoms with van der Waals surface area (Å²) in [5, 5.41) is 12.3. The van der Waals surface area contributed by atoms with Crippen molar-refractivity contribution in [3.63, 3.8) is 0 Å². The van der Waals surface area contributed by atoms with Gasteiger partial charge < -0.3 is 9.84 Å². The Labute approximate surface area is 114 Å². The summed E-state index contributed by atoms with van der Waals surface area (Å²) >= 11 is 0. The van der Waals surface area contributed by atoms with Gasteiger partial charge in [0, 0.05) is 6.04 Å². The summed E-state index contributed by atoms with van der Waals surface area (Å²) in [5.74, 6) is -0.203. The van der Waals surface area contributed by atoms with Crippen LogP contribution in [0.5, 0.6) is 5.75 Å². The zero-order valence-corrected chi connectivity index (χ0v) is 12.1. The molecule has 4 heteroatoms. The summed E-state index contributed by atoms with van der Waals surface area (Å²) in [7, 11) is 0. The predicted molar refractivity (Wildman–Crippen MR) is 75.6 cm³/mol. The minimum Gasteiger partial charge on any atom is -0.491 e. The number of hydrogen-bond acceptors (Lipinski definition) is 3. The highest BCUT2D eigenvalue weighted by Gasteiger charge is 2.34. The molecule has 1 unspecified atom stereocenters. The van der Waals surface area contributed by atoms with Gasteiger partial charge in [0.25, 0.3) is 0 Å². The third kappa shape index (κ3) is 4.56. The summed E-state index contributed by atoms with van der Waals surface area (Å²) in [6, 6.07) is 7.80. The third-order valence-electron chi connectivity index (χ3n) is 2.91. The number of nitrogens with one attached hydrogen (secondary N) is 1. The van der Waals surface area contributed by atoms with Crippen molar-refractivity contribution in [1.82, 2.24) is 5.32 Å². The van der Waals surface area contributed by atoms with E-state index in [1.54, 1.807) is 6.92 Å². The van der Waals surface area contributed by atoms with Gasteiger partial charge in [-0.3, -0.25) is 10.1 Å². The van der Waals surface area contributed by atoms with E-state index in [0.717, 1.165) is 6.42 Å². The molecule has 0 bridgehead atoms. The van der Waals surface area contributed by atoms with Gasteiger partial charge in [0.05, 0.1) is 0 Å². The molecule has 2 N–H and O–H groups in total. The lowest BCUT2D eigenvalue weighted by atomic mass is 10.0. The van der Waals surface area contributed by atoms with E-state index in [1.807, 2.05) is 38.1 Å². The Bertz CT molecular complexity index is 431. The van der Waals surface area contributed by atoms with Crippen LogP contribution in [0.15, 0.2) is 24.3 Å². The van der Waals surface area contributed by atoms with Crippen LogP contribution in [-0.2, 0) is 11.2 Å². The second-order valence-corrected chi connectivity index (χ2v) is 5.23. The maximum atomic E-state index is 11.4. The fraction of sp³-hybridized carbons (Fsp3) is 0.533. The van der Waals surface area contributed by atoms with Gasteiger partial charge in [-0.25, -0.2) is 0 Å². The third-order valence-corrected chi connectivity index (χ3v) is 2.91. The first-order chi connectivity index (χ1) is 8.87.